The van der Waals surface area contributed by atoms with E-state index in [1.807, 2.05) is 18.2 Å². The quantitative estimate of drug-likeness (QED) is 0.487. The third kappa shape index (κ3) is 0.557. The fraction of sp³-hybridized carbons (Fsp3) is 0.556. The van der Waals surface area contributed by atoms with Crippen molar-refractivity contribution in [1.29, 1.82) is 0 Å². The summed E-state index contributed by atoms with van der Waals surface area (Å²) in [6.07, 6.45) is 10.4. The largest absolute Gasteiger partial charge is 0.344 e. The Kier molecular flexibility index (Phi) is 0.866. The summed E-state index contributed by atoms with van der Waals surface area (Å²) in [5.74, 6) is -0.347. The third-order valence-corrected chi connectivity index (χ3v) is 2.68. The summed E-state index contributed by atoms with van der Waals surface area (Å²) in [6.45, 7) is 0.833. The standard InChI is InChI=1S/C9H10O2/c1-2-6-9-8(4-1,11-9)5-3-7-10-9/h1-2,4,6H,3,5,7H2. The summed E-state index contributed by atoms with van der Waals surface area (Å²) in [4.78, 5) is 0. The fourth-order valence-electron chi connectivity index (χ4n) is 2.03. The molecule has 0 amide bonds. The molecule has 0 bridgehead atoms. The molecule has 0 aromatic heterocycles. The molecular formula is C9H10O2. The number of hydrogen-bond acceptors (Lipinski definition) is 2. The van der Waals surface area contributed by atoms with Crippen molar-refractivity contribution in [1.82, 2.24) is 0 Å². The maximum atomic E-state index is 5.62. The molecular weight excluding hydrogens is 140 g/mol. The van der Waals surface area contributed by atoms with Crippen LogP contribution in [-0.4, -0.2) is 18.0 Å². The van der Waals surface area contributed by atoms with Gasteiger partial charge in [-0.25, -0.2) is 0 Å². The zero-order valence-electron chi connectivity index (χ0n) is 6.25. The van der Waals surface area contributed by atoms with Gasteiger partial charge in [0.15, 0.2) is 0 Å². The normalized spacial score (nSPS) is 51.6. The second-order valence-electron chi connectivity index (χ2n) is 3.33. The summed E-state index contributed by atoms with van der Waals surface area (Å²) >= 11 is 0. The summed E-state index contributed by atoms with van der Waals surface area (Å²) in [6, 6.07) is 0. The van der Waals surface area contributed by atoms with E-state index in [1.54, 1.807) is 0 Å². The molecule has 0 radical (unpaired) electrons. The lowest BCUT2D eigenvalue weighted by molar-refractivity contribution is -0.0161. The minimum atomic E-state index is -0.347. The lowest BCUT2D eigenvalue weighted by atomic mass is 9.91. The molecule has 1 aliphatic carbocycles. The number of allylic oxidation sites excluding steroid dienone is 2. The Balaban J connectivity index is 2.03. The van der Waals surface area contributed by atoms with Gasteiger partial charge in [-0.2, -0.15) is 0 Å². The van der Waals surface area contributed by atoms with Gasteiger partial charge in [0.25, 0.3) is 0 Å². The molecule has 0 N–H and O–H groups in total. The first-order valence-corrected chi connectivity index (χ1v) is 4.08. The monoisotopic (exact) mass is 150 g/mol. The molecule has 58 valence electrons. The van der Waals surface area contributed by atoms with Crippen molar-refractivity contribution in [3.8, 4) is 0 Å². The van der Waals surface area contributed by atoms with Crippen molar-refractivity contribution in [3.05, 3.63) is 24.3 Å². The molecule has 0 aromatic carbocycles. The van der Waals surface area contributed by atoms with Gasteiger partial charge in [-0.05, 0) is 25.0 Å². The fourth-order valence-corrected chi connectivity index (χ4v) is 2.03. The molecule has 0 spiro atoms. The third-order valence-electron chi connectivity index (χ3n) is 2.68. The Morgan fingerprint density at radius 1 is 1.18 bits per heavy atom. The van der Waals surface area contributed by atoms with Crippen LogP contribution in [0.2, 0.25) is 0 Å². The molecule has 3 aliphatic rings. The van der Waals surface area contributed by atoms with Gasteiger partial charge in [0.05, 0.1) is 6.61 Å². The van der Waals surface area contributed by atoms with Crippen LogP contribution in [0.15, 0.2) is 24.3 Å². The van der Waals surface area contributed by atoms with E-state index in [-0.39, 0.29) is 11.4 Å². The average molecular weight is 150 g/mol. The topological polar surface area (TPSA) is 21.8 Å². The molecule has 2 fully saturated rings. The molecule has 2 aliphatic heterocycles. The molecule has 2 heteroatoms. The van der Waals surface area contributed by atoms with Gasteiger partial charge in [0.2, 0.25) is 5.79 Å². The Labute approximate surface area is 65.5 Å². The van der Waals surface area contributed by atoms with Gasteiger partial charge in [0.1, 0.15) is 5.60 Å². The highest BCUT2D eigenvalue weighted by Crippen LogP contribution is 2.57. The zero-order chi connectivity index (χ0) is 7.36. The summed E-state index contributed by atoms with van der Waals surface area (Å²) in [5, 5.41) is 0. The zero-order valence-corrected chi connectivity index (χ0v) is 6.25. The minimum Gasteiger partial charge on any atom is -0.344 e. The molecule has 3 rings (SSSR count). The highest BCUT2D eigenvalue weighted by molar-refractivity contribution is 5.36. The Hall–Kier alpha value is -0.600. The summed E-state index contributed by atoms with van der Waals surface area (Å²) in [5.41, 5.74) is -0.0694. The molecule has 0 aromatic rings. The first kappa shape index (κ1) is 5.98. The lowest BCUT2D eigenvalue weighted by Crippen LogP contribution is -2.32. The van der Waals surface area contributed by atoms with E-state index in [2.05, 4.69) is 6.08 Å². The average Bonchev–Trinajstić information content (AvgIpc) is 2.72. The van der Waals surface area contributed by atoms with Crippen LogP contribution in [0.25, 0.3) is 0 Å². The van der Waals surface area contributed by atoms with E-state index in [0.717, 1.165) is 19.4 Å². The van der Waals surface area contributed by atoms with Crippen molar-refractivity contribution in [2.45, 2.75) is 24.2 Å². The van der Waals surface area contributed by atoms with Crippen LogP contribution in [-0.2, 0) is 9.47 Å². The number of rotatable bonds is 0. The Bertz CT molecular complexity index is 230. The minimum absolute atomic E-state index is 0.0694. The van der Waals surface area contributed by atoms with E-state index in [4.69, 9.17) is 9.47 Å². The Morgan fingerprint density at radius 3 is 3.00 bits per heavy atom. The van der Waals surface area contributed by atoms with Crippen LogP contribution < -0.4 is 0 Å². The molecule has 2 atom stereocenters. The van der Waals surface area contributed by atoms with Crippen LogP contribution in [0.5, 0.6) is 0 Å². The molecule has 2 nitrogen and oxygen atoms in total. The Morgan fingerprint density at radius 2 is 2.09 bits per heavy atom. The van der Waals surface area contributed by atoms with Crippen molar-refractivity contribution in [2.75, 3.05) is 6.61 Å². The molecule has 2 saturated heterocycles. The number of epoxide rings is 1. The maximum Gasteiger partial charge on any atom is 0.223 e. The second-order valence-corrected chi connectivity index (χ2v) is 3.33. The molecule has 0 saturated carbocycles. The van der Waals surface area contributed by atoms with Crippen LogP contribution in [0.3, 0.4) is 0 Å². The van der Waals surface area contributed by atoms with Crippen molar-refractivity contribution < 1.29 is 9.47 Å². The number of hydrogen-bond donors (Lipinski definition) is 0. The van der Waals surface area contributed by atoms with Crippen LogP contribution >= 0.6 is 0 Å². The lowest BCUT2D eigenvalue weighted by Gasteiger charge is -2.21. The van der Waals surface area contributed by atoms with Gasteiger partial charge in [0, 0.05) is 0 Å². The maximum absolute atomic E-state index is 5.62. The van der Waals surface area contributed by atoms with Gasteiger partial charge < -0.3 is 9.47 Å². The first-order valence-electron chi connectivity index (χ1n) is 4.08. The van der Waals surface area contributed by atoms with Gasteiger partial charge in [-0.1, -0.05) is 12.2 Å². The second kappa shape index (κ2) is 1.59. The van der Waals surface area contributed by atoms with E-state index in [1.165, 1.54) is 0 Å². The van der Waals surface area contributed by atoms with E-state index in [0.29, 0.717) is 0 Å². The smallest absolute Gasteiger partial charge is 0.223 e. The SMILES string of the molecule is C1=CC23CCCOC2(C=C1)O3. The molecule has 2 heterocycles. The van der Waals surface area contributed by atoms with Crippen LogP contribution in [0, 0.1) is 0 Å². The van der Waals surface area contributed by atoms with Gasteiger partial charge in [-0.3, -0.25) is 0 Å². The predicted molar refractivity (Wildman–Crippen MR) is 40.0 cm³/mol. The van der Waals surface area contributed by atoms with E-state index >= 15 is 0 Å². The predicted octanol–water partition coefficient (Wildman–Crippen LogP) is 1.39. The van der Waals surface area contributed by atoms with E-state index in [9.17, 15) is 0 Å². The summed E-state index contributed by atoms with van der Waals surface area (Å²) < 4.78 is 11.2. The van der Waals surface area contributed by atoms with Crippen molar-refractivity contribution in [2.24, 2.45) is 0 Å². The van der Waals surface area contributed by atoms with Crippen LogP contribution in [0.4, 0.5) is 0 Å². The highest BCUT2D eigenvalue weighted by Gasteiger charge is 2.70. The highest BCUT2D eigenvalue weighted by atomic mass is 16.8. The van der Waals surface area contributed by atoms with Crippen molar-refractivity contribution in [3.63, 3.8) is 0 Å². The first-order chi connectivity index (χ1) is 5.37. The van der Waals surface area contributed by atoms with Gasteiger partial charge in [-0.15, -0.1) is 0 Å². The molecule has 2 unspecified atom stereocenters. The van der Waals surface area contributed by atoms with Crippen LogP contribution in [0.1, 0.15) is 12.8 Å². The van der Waals surface area contributed by atoms with Crippen molar-refractivity contribution >= 4 is 0 Å². The van der Waals surface area contributed by atoms with E-state index < -0.39 is 0 Å². The molecule has 11 heavy (non-hydrogen) atoms. The summed E-state index contributed by atoms with van der Waals surface area (Å²) in [7, 11) is 0. The number of ether oxygens (including phenoxy) is 2. The van der Waals surface area contributed by atoms with Gasteiger partial charge >= 0.3 is 0 Å².